The summed E-state index contributed by atoms with van der Waals surface area (Å²) >= 11 is 10.0. The number of rotatable bonds is 3. The van der Waals surface area contributed by atoms with Gasteiger partial charge in [-0.05, 0) is 25.1 Å². The maximum absolute atomic E-state index is 12.1. The number of anilines is 1. The van der Waals surface area contributed by atoms with Crippen molar-refractivity contribution < 1.29 is 13.2 Å². The minimum absolute atomic E-state index is 0.0836. The number of nitrogens with two attached hydrogens (primary N) is 1. The molecule has 3 N–H and O–H groups in total. The van der Waals surface area contributed by atoms with E-state index in [1.165, 1.54) is 6.92 Å². The van der Waals surface area contributed by atoms with E-state index in [4.69, 9.17) is 16.7 Å². The van der Waals surface area contributed by atoms with Crippen LogP contribution in [0.2, 0.25) is 5.02 Å². The molecule has 10 heteroatoms. The number of nitrogens with zero attached hydrogens (tertiary/aromatic N) is 1. The van der Waals surface area contributed by atoms with Crippen molar-refractivity contribution in [2.24, 2.45) is 5.14 Å². The van der Waals surface area contributed by atoms with Gasteiger partial charge < -0.3 is 0 Å². The summed E-state index contributed by atoms with van der Waals surface area (Å²) in [6.07, 6.45) is 0. The summed E-state index contributed by atoms with van der Waals surface area (Å²) in [5.41, 5.74) is 0.490. The van der Waals surface area contributed by atoms with E-state index in [1.807, 2.05) is 0 Å². The molecule has 0 fully saturated rings. The maximum Gasteiger partial charge on any atom is 0.258 e. The molecule has 2 aromatic rings. The number of thiazole rings is 1. The maximum atomic E-state index is 12.1. The molecule has 2 rings (SSSR count). The summed E-state index contributed by atoms with van der Waals surface area (Å²) in [6, 6.07) is 4.80. The zero-order chi connectivity index (χ0) is 15.8. The number of sulfonamides is 1. The standard InChI is InChI=1S/C11H9BrClN3O3S2/c1-5-10(21(14,18)19)20-11(15-5)16-9(17)7-3-2-6(12)4-8(7)13/h2-4H,1H3,(H2,14,18,19)(H,15,16,17). The van der Waals surface area contributed by atoms with Crippen molar-refractivity contribution in [3.05, 3.63) is 39.0 Å². The fourth-order valence-corrected chi connectivity index (χ4v) is 4.15. The smallest absolute Gasteiger partial charge is 0.258 e. The van der Waals surface area contributed by atoms with E-state index < -0.39 is 15.9 Å². The van der Waals surface area contributed by atoms with E-state index in [-0.39, 0.29) is 25.6 Å². The summed E-state index contributed by atoms with van der Waals surface area (Å²) in [5, 5.41) is 7.96. The van der Waals surface area contributed by atoms with E-state index in [2.05, 4.69) is 26.2 Å². The highest BCUT2D eigenvalue weighted by Gasteiger charge is 2.19. The van der Waals surface area contributed by atoms with Crippen LogP contribution in [0.1, 0.15) is 16.1 Å². The molecule has 6 nitrogen and oxygen atoms in total. The predicted octanol–water partition coefficient (Wildman–Crippen LogP) is 2.77. The summed E-state index contributed by atoms with van der Waals surface area (Å²) in [4.78, 5) is 16.1. The van der Waals surface area contributed by atoms with Gasteiger partial charge in [-0.2, -0.15) is 0 Å². The molecule has 0 aliphatic rings. The number of aryl methyl sites for hydroxylation is 1. The fraction of sp³-hybridized carbons (Fsp3) is 0.0909. The molecule has 112 valence electrons. The van der Waals surface area contributed by atoms with Gasteiger partial charge >= 0.3 is 0 Å². The van der Waals surface area contributed by atoms with Gasteiger partial charge in [0.25, 0.3) is 5.91 Å². The number of primary sulfonamides is 1. The topological polar surface area (TPSA) is 102 Å². The van der Waals surface area contributed by atoms with Crippen LogP contribution < -0.4 is 10.5 Å². The monoisotopic (exact) mass is 409 g/mol. The first kappa shape index (κ1) is 16.4. The molecule has 0 aliphatic carbocycles. The van der Waals surface area contributed by atoms with E-state index in [9.17, 15) is 13.2 Å². The zero-order valence-corrected chi connectivity index (χ0v) is 14.5. The fourth-order valence-electron chi connectivity index (χ4n) is 1.54. The van der Waals surface area contributed by atoms with Crippen LogP contribution in [-0.2, 0) is 10.0 Å². The quantitative estimate of drug-likeness (QED) is 0.812. The average molecular weight is 411 g/mol. The largest absolute Gasteiger partial charge is 0.298 e. The molecule has 0 bridgehead atoms. The van der Waals surface area contributed by atoms with Crippen molar-refractivity contribution >= 4 is 59.9 Å². The third kappa shape index (κ3) is 3.80. The minimum atomic E-state index is -3.85. The Morgan fingerprint density at radius 2 is 2.14 bits per heavy atom. The second-order valence-electron chi connectivity index (χ2n) is 4.02. The van der Waals surface area contributed by atoms with Crippen LogP contribution in [0.5, 0.6) is 0 Å². The Bertz CT molecular complexity index is 820. The molecule has 0 unspecified atom stereocenters. The van der Waals surface area contributed by atoms with Crippen LogP contribution in [-0.4, -0.2) is 19.3 Å². The Kier molecular flexibility index (Phi) is 4.69. The lowest BCUT2D eigenvalue weighted by molar-refractivity contribution is 0.102. The van der Waals surface area contributed by atoms with Crippen LogP contribution in [0.15, 0.2) is 26.9 Å². The Balaban J connectivity index is 2.28. The Labute approximate surface area is 138 Å². The lowest BCUT2D eigenvalue weighted by Crippen LogP contribution is -2.12. The van der Waals surface area contributed by atoms with Crippen molar-refractivity contribution in [1.82, 2.24) is 4.98 Å². The highest BCUT2D eigenvalue weighted by molar-refractivity contribution is 9.10. The lowest BCUT2D eigenvalue weighted by Gasteiger charge is -2.04. The van der Waals surface area contributed by atoms with Crippen LogP contribution in [0.4, 0.5) is 5.13 Å². The van der Waals surface area contributed by atoms with Crippen molar-refractivity contribution in [2.45, 2.75) is 11.1 Å². The highest BCUT2D eigenvalue weighted by Crippen LogP contribution is 2.27. The Hall–Kier alpha value is -1.000. The predicted molar refractivity (Wildman–Crippen MR) is 85.3 cm³/mol. The molecule has 1 aromatic heterocycles. The molecule has 0 atom stereocenters. The van der Waals surface area contributed by atoms with Crippen LogP contribution in [0, 0.1) is 6.92 Å². The van der Waals surface area contributed by atoms with Gasteiger partial charge in [-0.25, -0.2) is 18.5 Å². The van der Waals surface area contributed by atoms with E-state index >= 15 is 0 Å². The number of nitrogens with one attached hydrogen (secondary N) is 1. The SMILES string of the molecule is Cc1nc(NC(=O)c2ccc(Br)cc2Cl)sc1S(N)(=O)=O. The molecular formula is C11H9BrClN3O3S2. The summed E-state index contributed by atoms with van der Waals surface area (Å²) in [5.74, 6) is -0.484. The number of carbonyl (C=O) groups is 1. The van der Waals surface area contributed by atoms with Crippen molar-refractivity contribution in [3.8, 4) is 0 Å². The molecule has 1 heterocycles. The third-order valence-electron chi connectivity index (χ3n) is 2.41. The average Bonchev–Trinajstić information content (AvgIpc) is 2.69. The molecule has 1 amide bonds. The van der Waals surface area contributed by atoms with Gasteiger partial charge in [0, 0.05) is 4.47 Å². The van der Waals surface area contributed by atoms with Gasteiger partial charge in [-0.3, -0.25) is 10.1 Å². The molecule has 21 heavy (non-hydrogen) atoms. The Morgan fingerprint density at radius 3 is 2.67 bits per heavy atom. The number of benzene rings is 1. The molecule has 0 saturated heterocycles. The minimum Gasteiger partial charge on any atom is -0.298 e. The zero-order valence-electron chi connectivity index (χ0n) is 10.6. The van der Waals surface area contributed by atoms with Gasteiger partial charge in [-0.1, -0.05) is 38.9 Å². The second kappa shape index (κ2) is 6.01. The summed E-state index contributed by atoms with van der Waals surface area (Å²) < 4.78 is 23.3. The van der Waals surface area contributed by atoms with Gasteiger partial charge in [0.1, 0.15) is 0 Å². The molecule has 0 spiro atoms. The van der Waals surface area contributed by atoms with Gasteiger partial charge in [0.05, 0.1) is 16.3 Å². The summed E-state index contributed by atoms with van der Waals surface area (Å²) in [7, 11) is -3.85. The van der Waals surface area contributed by atoms with Gasteiger partial charge in [0.2, 0.25) is 10.0 Å². The van der Waals surface area contributed by atoms with E-state index in [1.54, 1.807) is 18.2 Å². The third-order valence-corrected chi connectivity index (χ3v) is 5.84. The van der Waals surface area contributed by atoms with Gasteiger partial charge in [-0.15, -0.1) is 0 Å². The normalized spacial score (nSPS) is 11.4. The second-order valence-corrected chi connectivity index (χ2v) is 8.09. The molecule has 0 saturated carbocycles. The van der Waals surface area contributed by atoms with Crippen molar-refractivity contribution in [2.75, 3.05) is 5.32 Å². The van der Waals surface area contributed by atoms with E-state index in [0.717, 1.165) is 15.8 Å². The lowest BCUT2D eigenvalue weighted by atomic mass is 10.2. The first-order chi connectivity index (χ1) is 9.68. The van der Waals surface area contributed by atoms with Crippen LogP contribution in [0.25, 0.3) is 0 Å². The number of hydrogen-bond donors (Lipinski definition) is 2. The number of carbonyl (C=O) groups excluding carboxylic acids is 1. The molecule has 0 aliphatic heterocycles. The number of halogens is 2. The Morgan fingerprint density at radius 1 is 1.48 bits per heavy atom. The first-order valence-electron chi connectivity index (χ1n) is 5.45. The molecule has 0 radical (unpaired) electrons. The summed E-state index contributed by atoms with van der Waals surface area (Å²) in [6.45, 7) is 1.50. The van der Waals surface area contributed by atoms with E-state index in [0.29, 0.717) is 0 Å². The highest BCUT2D eigenvalue weighted by atomic mass is 79.9. The molecule has 1 aromatic carbocycles. The number of aromatic nitrogens is 1. The van der Waals surface area contributed by atoms with Gasteiger partial charge in [0.15, 0.2) is 9.34 Å². The van der Waals surface area contributed by atoms with Crippen molar-refractivity contribution in [3.63, 3.8) is 0 Å². The van der Waals surface area contributed by atoms with Crippen molar-refractivity contribution in [1.29, 1.82) is 0 Å². The number of hydrogen-bond acceptors (Lipinski definition) is 5. The van der Waals surface area contributed by atoms with Crippen LogP contribution in [0.3, 0.4) is 0 Å². The van der Waals surface area contributed by atoms with Crippen LogP contribution >= 0.6 is 38.9 Å². The first-order valence-corrected chi connectivity index (χ1v) is 8.98. The number of amides is 1. The molecular weight excluding hydrogens is 402 g/mol.